The maximum atomic E-state index is 3.66. The molecule has 1 N–H and O–H groups in total. The molecule has 0 bridgehead atoms. The van der Waals surface area contributed by atoms with E-state index >= 15 is 0 Å². The van der Waals surface area contributed by atoms with Gasteiger partial charge < -0.3 is 5.32 Å². The molecule has 0 heterocycles. The predicted octanol–water partition coefficient (Wildman–Crippen LogP) is 4.69. The molecule has 2 aromatic carbocycles. The summed E-state index contributed by atoms with van der Waals surface area (Å²) in [6.07, 6.45) is 1.05. The minimum absolute atomic E-state index is 0.509. The molecule has 2 aromatic rings. The maximum Gasteiger partial charge on any atom is 0.0207 e. The summed E-state index contributed by atoms with van der Waals surface area (Å²) in [5, 5.41) is 3.50. The zero-order chi connectivity index (χ0) is 14.4. The minimum atomic E-state index is 0.509. The van der Waals surface area contributed by atoms with Crippen LogP contribution < -0.4 is 5.32 Å². The van der Waals surface area contributed by atoms with Gasteiger partial charge in [-0.3, -0.25) is 0 Å². The zero-order valence-electron chi connectivity index (χ0n) is 12.2. The maximum absolute atomic E-state index is 3.66. The van der Waals surface area contributed by atoms with E-state index in [1.165, 1.54) is 21.2 Å². The van der Waals surface area contributed by atoms with E-state index in [9.17, 15) is 0 Å². The van der Waals surface area contributed by atoms with Crippen LogP contribution in [0.1, 0.15) is 29.5 Å². The van der Waals surface area contributed by atoms with E-state index in [4.69, 9.17) is 0 Å². The SMILES string of the molecule is CCNCC(Cc1ccccc1Br)c1ccccc1C. The summed E-state index contributed by atoms with van der Waals surface area (Å²) in [7, 11) is 0. The van der Waals surface area contributed by atoms with Gasteiger partial charge in [0.1, 0.15) is 0 Å². The Morgan fingerprint density at radius 1 is 1.05 bits per heavy atom. The van der Waals surface area contributed by atoms with Crippen molar-refractivity contribution in [1.82, 2.24) is 5.32 Å². The third kappa shape index (κ3) is 3.94. The van der Waals surface area contributed by atoms with Gasteiger partial charge in [0, 0.05) is 16.9 Å². The second-order valence-corrected chi connectivity index (χ2v) is 6.01. The smallest absolute Gasteiger partial charge is 0.0207 e. The van der Waals surface area contributed by atoms with Crippen LogP contribution in [0.3, 0.4) is 0 Å². The number of halogens is 1. The van der Waals surface area contributed by atoms with E-state index in [2.05, 4.69) is 83.6 Å². The van der Waals surface area contributed by atoms with Crippen LogP contribution in [0, 0.1) is 6.92 Å². The van der Waals surface area contributed by atoms with E-state index in [1.807, 2.05) is 0 Å². The minimum Gasteiger partial charge on any atom is -0.316 e. The number of benzene rings is 2. The van der Waals surface area contributed by atoms with E-state index in [0.717, 1.165) is 19.5 Å². The summed E-state index contributed by atoms with van der Waals surface area (Å²) in [5.41, 5.74) is 4.20. The number of rotatable bonds is 6. The Hall–Kier alpha value is -1.12. The van der Waals surface area contributed by atoms with Crippen LogP contribution in [0.25, 0.3) is 0 Å². The fraction of sp³-hybridized carbons (Fsp3) is 0.333. The molecular formula is C18H22BrN. The number of hydrogen-bond donors (Lipinski definition) is 1. The first-order valence-corrected chi connectivity index (χ1v) is 8.01. The average molecular weight is 332 g/mol. The standard InChI is InChI=1S/C18H22BrN/c1-3-20-13-16(17-10-6-4-8-14(17)2)12-15-9-5-7-11-18(15)19/h4-11,16,20H,3,12-13H2,1-2H3. The summed E-state index contributed by atoms with van der Waals surface area (Å²) in [5.74, 6) is 0.509. The Kier molecular flexibility index (Phi) is 5.81. The van der Waals surface area contributed by atoms with Crippen LogP contribution in [0.15, 0.2) is 53.0 Å². The molecule has 0 aliphatic carbocycles. The first-order chi connectivity index (χ1) is 9.72. The van der Waals surface area contributed by atoms with Gasteiger partial charge in [-0.05, 0) is 42.6 Å². The Morgan fingerprint density at radius 3 is 2.45 bits per heavy atom. The first-order valence-electron chi connectivity index (χ1n) is 7.22. The highest BCUT2D eigenvalue weighted by Gasteiger charge is 2.15. The molecule has 20 heavy (non-hydrogen) atoms. The van der Waals surface area contributed by atoms with Crippen LogP contribution in [-0.4, -0.2) is 13.1 Å². The van der Waals surface area contributed by atoms with Gasteiger partial charge in [0.2, 0.25) is 0 Å². The second-order valence-electron chi connectivity index (χ2n) is 5.16. The highest BCUT2D eigenvalue weighted by molar-refractivity contribution is 9.10. The van der Waals surface area contributed by atoms with Gasteiger partial charge in [-0.1, -0.05) is 65.3 Å². The van der Waals surface area contributed by atoms with Crippen LogP contribution in [0.5, 0.6) is 0 Å². The summed E-state index contributed by atoms with van der Waals surface area (Å²) in [6.45, 7) is 6.39. The van der Waals surface area contributed by atoms with E-state index in [0.29, 0.717) is 5.92 Å². The zero-order valence-corrected chi connectivity index (χ0v) is 13.8. The Morgan fingerprint density at radius 2 is 1.75 bits per heavy atom. The van der Waals surface area contributed by atoms with E-state index in [-0.39, 0.29) is 0 Å². The van der Waals surface area contributed by atoms with Crippen molar-refractivity contribution >= 4 is 15.9 Å². The van der Waals surface area contributed by atoms with E-state index < -0.39 is 0 Å². The molecule has 106 valence electrons. The average Bonchev–Trinajstić information content (AvgIpc) is 2.46. The molecule has 0 saturated carbocycles. The predicted molar refractivity (Wildman–Crippen MR) is 90.3 cm³/mol. The van der Waals surface area contributed by atoms with E-state index in [1.54, 1.807) is 0 Å². The van der Waals surface area contributed by atoms with Crippen LogP contribution >= 0.6 is 15.9 Å². The monoisotopic (exact) mass is 331 g/mol. The normalized spacial score (nSPS) is 12.3. The quantitative estimate of drug-likeness (QED) is 0.809. The van der Waals surface area contributed by atoms with Gasteiger partial charge in [0.15, 0.2) is 0 Å². The molecule has 0 spiro atoms. The van der Waals surface area contributed by atoms with Crippen molar-refractivity contribution in [2.75, 3.05) is 13.1 Å². The highest BCUT2D eigenvalue weighted by atomic mass is 79.9. The molecule has 0 aliphatic heterocycles. The summed E-state index contributed by atoms with van der Waals surface area (Å²) >= 11 is 3.66. The topological polar surface area (TPSA) is 12.0 Å². The molecule has 2 rings (SSSR count). The van der Waals surface area contributed by atoms with Crippen molar-refractivity contribution in [3.05, 3.63) is 69.7 Å². The molecule has 2 heteroatoms. The van der Waals surface area contributed by atoms with Crippen molar-refractivity contribution < 1.29 is 0 Å². The van der Waals surface area contributed by atoms with Crippen molar-refractivity contribution in [2.24, 2.45) is 0 Å². The lowest BCUT2D eigenvalue weighted by Crippen LogP contribution is -2.23. The van der Waals surface area contributed by atoms with Gasteiger partial charge in [-0.15, -0.1) is 0 Å². The number of likely N-dealkylation sites (N-methyl/N-ethyl adjacent to an activating group) is 1. The number of hydrogen-bond acceptors (Lipinski definition) is 1. The molecule has 1 atom stereocenters. The molecule has 0 aromatic heterocycles. The lowest BCUT2D eigenvalue weighted by molar-refractivity contribution is 0.592. The summed E-state index contributed by atoms with van der Waals surface area (Å²) in [6, 6.07) is 17.2. The van der Waals surface area contributed by atoms with Crippen LogP contribution in [0.2, 0.25) is 0 Å². The van der Waals surface area contributed by atoms with Gasteiger partial charge >= 0.3 is 0 Å². The van der Waals surface area contributed by atoms with Gasteiger partial charge in [-0.2, -0.15) is 0 Å². The Labute approximate surface area is 130 Å². The summed E-state index contributed by atoms with van der Waals surface area (Å²) in [4.78, 5) is 0. The Balaban J connectivity index is 2.24. The van der Waals surface area contributed by atoms with Crippen molar-refractivity contribution in [3.8, 4) is 0 Å². The van der Waals surface area contributed by atoms with Crippen LogP contribution in [-0.2, 0) is 6.42 Å². The summed E-state index contributed by atoms with van der Waals surface area (Å²) < 4.78 is 1.20. The molecule has 0 aliphatic rings. The lowest BCUT2D eigenvalue weighted by Gasteiger charge is -2.20. The van der Waals surface area contributed by atoms with Gasteiger partial charge in [0.05, 0.1) is 0 Å². The first kappa shape index (κ1) is 15.3. The fourth-order valence-electron chi connectivity index (χ4n) is 2.58. The van der Waals surface area contributed by atoms with Crippen molar-refractivity contribution in [1.29, 1.82) is 0 Å². The molecule has 0 amide bonds. The molecule has 0 fully saturated rings. The van der Waals surface area contributed by atoms with Crippen molar-refractivity contribution in [3.63, 3.8) is 0 Å². The van der Waals surface area contributed by atoms with Crippen LogP contribution in [0.4, 0.5) is 0 Å². The highest BCUT2D eigenvalue weighted by Crippen LogP contribution is 2.27. The van der Waals surface area contributed by atoms with Gasteiger partial charge in [-0.25, -0.2) is 0 Å². The molecule has 1 unspecified atom stereocenters. The lowest BCUT2D eigenvalue weighted by atomic mass is 9.89. The fourth-order valence-corrected chi connectivity index (χ4v) is 3.03. The molecule has 1 nitrogen and oxygen atoms in total. The Bertz CT molecular complexity index is 551. The molecule has 0 saturated heterocycles. The third-order valence-corrected chi connectivity index (χ3v) is 4.47. The van der Waals surface area contributed by atoms with Gasteiger partial charge in [0.25, 0.3) is 0 Å². The molecule has 0 radical (unpaired) electrons. The third-order valence-electron chi connectivity index (χ3n) is 3.69. The largest absolute Gasteiger partial charge is 0.316 e. The van der Waals surface area contributed by atoms with Crippen molar-refractivity contribution in [2.45, 2.75) is 26.2 Å². The second kappa shape index (κ2) is 7.61. The molecular weight excluding hydrogens is 310 g/mol. The number of nitrogens with one attached hydrogen (secondary N) is 1. The number of aryl methyl sites for hydroxylation is 1.